The van der Waals surface area contributed by atoms with Gasteiger partial charge in [0.1, 0.15) is 17.3 Å². The second kappa shape index (κ2) is 8.17. The first kappa shape index (κ1) is 20.9. The highest BCUT2D eigenvalue weighted by Gasteiger charge is 2.28. The van der Waals surface area contributed by atoms with Crippen LogP contribution in [0, 0.1) is 17.0 Å². The van der Waals surface area contributed by atoms with Crippen molar-refractivity contribution in [2.24, 2.45) is 0 Å². The second-order valence-electron chi connectivity index (χ2n) is 7.49. The number of rotatable bonds is 6. The maximum absolute atomic E-state index is 11.7. The molecule has 168 valence electrons. The number of nitrogens with zero attached hydrogens (tertiary/aromatic N) is 4. The van der Waals surface area contributed by atoms with Gasteiger partial charge in [-0.25, -0.2) is 9.78 Å². The summed E-state index contributed by atoms with van der Waals surface area (Å²) in [6, 6.07) is 20.5. The molecular formula is C24H17N5O5. The number of aromatic amines is 1. The van der Waals surface area contributed by atoms with Gasteiger partial charge in [-0.15, -0.1) is 0 Å². The fourth-order valence-electron chi connectivity index (χ4n) is 3.62. The number of carboxylic acid groups (broad SMARTS) is 1. The lowest BCUT2D eigenvalue weighted by Gasteiger charge is -2.09. The van der Waals surface area contributed by atoms with E-state index >= 15 is 0 Å². The van der Waals surface area contributed by atoms with Crippen molar-refractivity contribution in [2.75, 3.05) is 0 Å². The van der Waals surface area contributed by atoms with Crippen LogP contribution < -0.4 is 4.74 Å². The lowest BCUT2D eigenvalue weighted by atomic mass is 10.2. The fraction of sp³-hybridized carbons (Fsp3) is 0.0417. The zero-order valence-corrected chi connectivity index (χ0v) is 17.8. The first-order chi connectivity index (χ1) is 16.4. The molecule has 2 N–H and O–H groups in total. The van der Waals surface area contributed by atoms with E-state index in [1.165, 1.54) is 16.8 Å². The van der Waals surface area contributed by atoms with Crippen LogP contribution in [0.25, 0.3) is 28.1 Å². The van der Waals surface area contributed by atoms with E-state index in [2.05, 4.69) is 15.1 Å². The predicted molar refractivity (Wildman–Crippen MR) is 124 cm³/mol. The van der Waals surface area contributed by atoms with E-state index in [9.17, 15) is 20.0 Å². The smallest absolute Gasteiger partial charge is 0.354 e. The van der Waals surface area contributed by atoms with Crippen LogP contribution >= 0.6 is 0 Å². The van der Waals surface area contributed by atoms with E-state index in [0.717, 1.165) is 5.56 Å². The first-order valence-electron chi connectivity index (χ1n) is 10.2. The van der Waals surface area contributed by atoms with Crippen LogP contribution in [0.4, 0.5) is 5.69 Å². The minimum absolute atomic E-state index is 0.00591. The Kier molecular flexibility index (Phi) is 5.02. The number of benzene rings is 3. The maximum Gasteiger partial charge on any atom is 0.354 e. The van der Waals surface area contributed by atoms with Crippen molar-refractivity contribution in [3.05, 3.63) is 94.2 Å². The molecule has 5 rings (SSSR count). The summed E-state index contributed by atoms with van der Waals surface area (Å²) in [5.74, 6) is -0.0709. The van der Waals surface area contributed by atoms with Crippen LogP contribution in [0.3, 0.4) is 0 Å². The zero-order chi connectivity index (χ0) is 23.8. The summed E-state index contributed by atoms with van der Waals surface area (Å²) in [5, 5.41) is 25.2. The number of para-hydroxylation sites is 1. The molecular weight excluding hydrogens is 438 g/mol. The van der Waals surface area contributed by atoms with Gasteiger partial charge >= 0.3 is 17.5 Å². The Morgan fingerprint density at radius 3 is 2.50 bits per heavy atom. The fourth-order valence-corrected chi connectivity index (χ4v) is 3.62. The first-order valence-corrected chi connectivity index (χ1v) is 10.2. The third-order valence-corrected chi connectivity index (χ3v) is 5.24. The summed E-state index contributed by atoms with van der Waals surface area (Å²) in [6.45, 7) is 1.56. The van der Waals surface area contributed by atoms with Crippen molar-refractivity contribution < 1.29 is 19.6 Å². The van der Waals surface area contributed by atoms with Crippen molar-refractivity contribution in [1.29, 1.82) is 0 Å². The van der Waals surface area contributed by atoms with E-state index in [4.69, 9.17) is 4.74 Å². The highest BCUT2D eigenvalue weighted by atomic mass is 16.6. The lowest BCUT2D eigenvalue weighted by molar-refractivity contribution is -0.386. The minimum atomic E-state index is -1.02. The van der Waals surface area contributed by atoms with Gasteiger partial charge in [0.05, 0.1) is 27.2 Å². The number of carbonyl (C=O) groups is 1. The van der Waals surface area contributed by atoms with E-state index in [0.29, 0.717) is 28.3 Å². The van der Waals surface area contributed by atoms with Crippen LogP contribution in [0.5, 0.6) is 11.6 Å². The SMILES string of the molecule is Cc1nn(-c2ccccc2)c(Oc2ccc(-c3nc4ccc(C(=O)O)cc4[nH]3)cc2)c1[N+](=O)[O-]. The van der Waals surface area contributed by atoms with Gasteiger partial charge in [-0.3, -0.25) is 10.1 Å². The molecule has 0 aliphatic carbocycles. The molecule has 0 aliphatic rings. The Morgan fingerprint density at radius 1 is 1.09 bits per heavy atom. The minimum Gasteiger partial charge on any atom is -0.478 e. The van der Waals surface area contributed by atoms with Gasteiger partial charge in [0, 0.05) is 5.56 Å². The molecule has 0 radical (unpaired) electrons. The van der Waals surface area contributed by atoms with Gasteiger partial charge in [0.15, 0.2) is 0 Å². The van der Waals surface area contributed by atoms with Gasteiger partial charge in [-0.2, -0.15) is 9.78 Å². The Hall–Kier alpha value is -4.99. The van der Waals surface area contributed by atoms with E-state index < -0.39 is 10.9 Å². The molecule has 2 aromatic heterocycles. The summed E-state index contributed by atoms with van der Waals surface area (Å²) >= 11 is 0. The van der Waals surface area contributed by atoms with E-state index in [1.807, 2.05) is 18.2 Å². The zero-order valence-electron chi connectivity index (χ0n) is 17.8. The molecule has 0 atom stereocenters. The Labute approximate surface area is 192 Å². The summed E-state index contributed by atoms with van der Waals surface area (Å²) in [4.78, 5) is 30.0. The summed E-state index contributed by atoms with van der Waals surface area (Å²) in [7, 11) is 0. The number of aromatic carboxylic acids is 1. The molecule has 5 aromatic rings. The van der Waals surface area contributed by atoms with Crippen LogP contribution in [0.15, 0.2) is 72.8 Å². The monoisotopic (exact) mass is 455 g/mol. The topological polar surface area (TPSA) is 136 Å². The number of aromatic nitrogens is 4. The summed E-state index contributed by atoms with van der Waals surface area (Å²) < 4.78 is 7.34. The molecule has 0 spiro atoms. The number of H-pyrrole nitrogens is 1. The Balaban J connectivity index is 1.48. The van der Waals surface area contributed by atoms with Crippen LogP contribution in [-0.4, -0.2) is 35.7 Å². The number of fused-ring (bicyclic) bond motifs is 1. The van der Waals surface area contributed by atoms with Crippen molar-refractivity contribution in [2.45, 2.75) is 6.92 Å². The van der Waals surface area contributed by atoms with Crippen LogP contribution in [0.2, 0.25) is 0 Å². The van der Waals surface area contributed by atoms with Crippen molar-refractivity contribution in [3.63, 3.8) is 0 Å². The lowest BCUT2D eigenvalue weighted by Crippen LogP contribution is -2.00. The van der Waals surface area contributed by atoms with E-state index in [-0.39, 0.29) is 22.8 Å². The molecule has 10 nitrogen and oxygen atoms in total. The molecule has 2 heterocycles. The van der Waals surface area contributed by atoms with Gasteiger partial charge in [-0.1, -0.05) is 18.2 Å². The largest absolute Gasteiger partial charge is 0.478 e. The van der Waals surface area contributed by atoms with Crippen molar-refractivity contribution >= 4 is 22.7 Å². The van der Waals surface area contributed by atoms with Gasteiger partial charge in [-0.05, 0) is 61.5 Å². The number of hydrogen-bond donors (Lipinski definition) is 2. The van der Waals surface area contributed by atoms with Gasteiger partial charge < -0.3 is 14.8 Å². The standard InChI is InChI=1S/C24H17N5O5/c1-14-21(29(32)33)23(28(27-14)17-5-3-2-4-6-17)34-18-10-7-15(8-11-18)22-25-19-12-9-16(24(30)31)13-20(19)26-22/h2-13H,1H3,(H,25,26)(H,30,31). The number of aryl methyl sites for hydroxylation is 1. The molecule has 10 heteroatoms. The number of hydrogen-bond acceptors (Lipinski definition) is 6. The molecule has 0 amide bonds. The summed E-state index contributed by atoms with van der Waals surface area (Å²) in [6.07, 6.45) is 0. The maximum atomic E-state index is 11.7. The predicted octanol–water partition coefficient (Wildman–Crippen LogP) is 5.12. The molecule has 0 saturated carbocycles. The average molecular weight is 455 g/mol. The number of ether oxygens (including phenoxy) is 1. The number of nitrogens with one attached hydrogen (secondary N) is 1. The molecule has 34 heavy (non-hydrogen) atoms. The summed E-state index contributed by atoms with van der Waals surface area (Å²) in [5.41, 5.74) is 2.81. The molecule has 0 aliphatic heterocycles. The van der Waals surface area contributed by atoms with E-state index in [1.54, 1.807) is 49.4 Å². The molecule has 0 bridgehead atoms. The van der Waals surface area contributed by atoms with Crippen LogP contribution in [-0.2, 0) is 0 Å². The van der Waals surface area contributed by atoms with Crippen LogP contribution in [0.1, 0.15) is 16.1 Å². The second-order valence-corrected chi connectivity index (χ2v) is 7.49. The van der Waals surface area contributed by atoms with Gasteiger partial charge in [0.25, 0.3) is 0 Å². The molecule has 0 fully saturated rings. The third kappa shape index (κ3) is 3.73. The number of nitro groups is 1. The third-order valence-electron chi connectivity index (χ3n) is 5.24. The molecule has 0 saturated heterocycles. The normalized spacial score (nSPS) is 11.0. The highest BCUT2D eigenvalue weighted by Crippen LogP contribution is 2.36. The molecule has 3 aromatic carbocycles. The average Bonchev–Trinajstić information content (AvgIpc) is 3.40. The number of imidazole rings is 1. The quantitative estimate of drug-likeness (QED) is 0.268. The number of carboxylic acids is 1. The Morgan fingerprint density at radius 2 is 1.82 bits per heavy atom. The van der Waals surface area contributed by atoms with Crippen molar-refractivity contribution in [3.8, 4) is 28.7 Å². The Bertz CT molecular complexity index is 1540. The van der Waals surface area contributed by atoms with Gasteiger partial charge in [0.2, 0.25) is 0 Å². The van der Waals surface area contributed by atoms with Crippen molar-refractivity contribution in [1.82, 2.24) is 19.7 Å². The molecule has 0 unspecified atom stereocenters. The highest BCUT2D eigenvalue weighted by molar-refractivity contribution is 5.93.